The monoisotopic (exact) mass is 467 g/mol. The Morgan fingerprint density at radius 3 is 2.42 bits per heavy atom. The summed E-state index contributed by atoms with van der Waals surface area (Å²) in [7, 11) is 1.61. The smallest absolute Gasteiger partial charge is 0.321 e. The molecule has 33 heavy (non-hydrogen) atoms. The molecule has 0 saturated carbocycles. The molecule has 9 heteroatoms. The number of rotatable bonds is 8. The molecular formula is C24H29N5O3S. The van der Waals surface area contributed by atoms with Crippen molar-refractivity contribution in [3.63, 3.8) is 0 Å². The molecule has 1 aromatic heterocycles. The third-order valence-corrected chi connectivity index (χ3v) is 5.88. The van der Waals surface area contributed by atoms with E-state index < -0.39 is 17.2 Å². The first kappa shape index (κ1) is 24.3. The fourth-order valence-corrected chi connectivity index (χ4v) is 3.91. The zero-order chi connectivity index (χ0) is 24.0. The van der Waals surface area contributed by atoms with Gasteiger partial charge in [0.25, 0.3) is 0 Å². The molecule has 0 fully saturated rings. The van der Waals surface area contributed by atoms with Gasteiger partial charge in [0.1, 0.15) is 5.75 Å². The molecule has 1 atom stereocenters. The summed E-state index contributed by atoms with van der Waals surface area (Å²) in [6.07, 6.45) is 0. The van der Waals surface area contributed by atoms with Crippen molar-refractivity contribution in [1.29, 1.82) is 0 Å². The van der Waals surface area contributed by atoms with E-state index >= 15 is 0 Å². The highest BCUT2D eigenvalue weighted by molar-refractivity contribution is 8.00. The second-order valence-electron chi connectivity index (χ2n) is 8.03. The SMILES string of the molecule is COc1ccccc1-c1nnc(SC(C)C(=O)NC(=O)NCC(C)C)n1-c1ccc(C)cc1. The molecule has 8 nitrogen and oxygen atoms in total. The van der Waals surface area contributed by atoms with E-state index in [0.29, 0.717) is 29.2 Å². The number of carbonyl (C=O) groups is 2. The Labute approximate surface area is 198 Å². The van der Waals surface area contributed by atoms with Gasteiger partial charge in [-0.05, 0) is 44.0 Å². The second kappa shape index (κ2) is 11.0. The summed E-state index contributed by atoms with van der Waals surface area (Å²) in [6, 6.07) is 15.0. The van der Waals surface area contributed by atoms with Gasteiger partial charge in [-0.15, -0.1) is 10.2 Å². The average molecular weight is 468 g/mol. The van der Waals surface area contributed by atoms with Crippen molar-refractivity contribution in [3.05, 3.63) is 54.1 Å². The van der Waals surface area contributed by atoms with Crippen LogP contribution in [-0.4, -0.2) is 45.6 Å². The van der Waals surface area contributed by atoms with Crippen molar-refractivity contribution in [2.45, 2.75) is 38.1 Å². The standard InChI is InChI=1S/C24H29N5O3S/c1-15(2)14-25-23(31)26-22(30)17(4)33-24-28-27-21(19-8-6-7-9-20(19)32-5)29(24)18-12-10-16(3)11-13-18/h6-13,15,17H,14H2,1-5H3,(H2,25,26,30,31). The molecule has 0 aliphatic carbocycles. The van der Waals surface area contributed by atoms with E-state index in [1.54, 1.807) is 14.0 Å². The lowest BCUT2D eigenvalue weighted by Gasteiger charge is -2.15. The van der Waals surface area contributed by atoms with E-state index in [4.69, 9.17) is 4.74 Å². The van der Waals surface area contributed by atoms with Crippen LogP contribution >= 0.6 is 11.8 Å². The first-order valence-electron chi connectivity index (χ1n) is 10.7. The van der Waals surface area contributed by atoms with Gasteiger partial charge in [-0.25, -0.2) is 4.79 Å². The minimum atomic E-state index is -0.575. The predicted molar refractivity (Wildman–Crippen MR) is 130 cm³/mol. The maximum atomic E-state index is 12.6. The lowest BCUT2D eigenvalue weighted by atomic mass is 10.1. The quantitative estimate of drug-likeness (QED) is 0.482. The Bertz CT molecular complexity index is 1110. The number of amides is 3. The molecule has 0 spiro atoms. The van der Waals surface area contributed by atoms with Gasteiger partial charge in [-0.2, -0.15) is 0 Å². The number of nitrogens with zero attached hydrogens (tertiary/aromatic N) is 3. The number of urea groups is 1. The lowest BCUT2D eigenvalue weighted by molar-refractivity contribution is -0.119. The largest absolute Gasteiger partial charge is 0.496 e. The fraction of sp³-hybridized carbons (Fsp3) is 0.333. The van der Waals surface area contributed by atoms with Crippen LogP contribution in [-0.2, 0) is 4.79 Å². The molecular weight excluding hydrogens is 438 g/mol. The number of ether oxygens (including phenoxy) is 1. The first-order valence-corrected chi connectivity index (χ1v) is 11.6. The van der Waals surface area contributed by atoms with Crippen LogP contribution in [0, 0.1) is 12.8 Å². The number of methoxy groups -OCH3 is 1. The molecule has 0 radical (unpaired) electrons. The molecule has 174 valence electrons. The Morgan fingerprint density at radius 2 is 1.76 bits per heavy atom. The molecule has 1 unspecified atom stereocenters. The first-order chi connectivity index (χ1) is 15.8. The van der Waals surface area contributed by atoms with Crippen LogP contribution in [0.2, 0.25) is 0 Å². The summed E-state index contributed by atoms with van der Waals surface area (Å²) in [4.78, 5) is 24.6. The van der Waals surface area contributed by atoms with Crippen molar-refractivity contribution in [2.75, 3.05) is 13.7 Å². The zero-order valence-corrected chi connectivity index (χ0v) is 20.3. The Hall–Kier alpha value is -3.33. The minimum Gasteiger partial charge on any atom is -0.496 e. The number of aryl methyl sites for hydroxylation is 1. The number of thioether (sulfide) groups is 1. The number of benzene rings is 2. The number of carbonyl (C=O) groups excluding carboxylic acids is 2. The highest BCUT2D eigenvalue weighted by atomic mass is 32.2. The van der Waals surface area contributed by atoms with Gasteiger partial charge in [0.05, 0.1) is 17.9 Å². The van der Waals surface area contributed by atoms with Crippen LogP contribution in [0.4, 0.5) is 4.79 Å². The van der Waals surface area contributed by atoms with Crippen molar-refractivity contribution < 1.29 is 14.3 Å². The number of hydrogen-bond acceptors (Lipinski definition) is 6. The number of para-hydroxylation sites is 1. The normalized spacial score (nSPS) is 11.8. The van der Waals surface area contributed by atoms with Gasteiger partial charge in [-0.3, -0.25) is 14.7 Å². The molecule has 2 N–H and O–H groups in total. The number of hydrogen-bond donors (Lipinski definition) is 2. The zero-order valence-electron chi connectivity index (χ0n) is 19.5. The third-order valence-electron chi connectivity index (χ3n) is 4.83. The van der Waals surface area contributed by atoms with Gasteiger partial charge >= 0.3 is 6.03 Å². The van der Waals surface area contributed by atoms with E-state index in [1.807, 2.05) is 73.9 Å². The lowest BCUT2D eigenvalue weighted by Crippen LogP contribution is -2.43. The minimum absolute atomic E-state index is 0.291. The van der Waals surface area contributed by atoms with Crippen LogP contribution in [0.15, 0.2) is 53.7 Å². The second-order valence-corrected chi connectivity index (χ2v) is 9.34. The fourth-order valence-electron chi connectivity index (χ4n) is 3.04. The summed E-state index contributed by atoms with van der Waals surface area (Å²) >= 11 is 1.23. The molecule has 1 heterocycles. The maximum absolute atomic E-state index is 12.6. The van der Waals surface area contributed by atoms with Crippen molar-refractivity contribution >= 4 is 23.7 Å². The number of nitrogens with one attached hydrogen (secondary N) is 2. The molecule has 3 amide bonds. The average Bonchev–Trinajstić information content (AvgIpc) is 3.21. The highest BCUT2D eigenvalue weighted by Gasteiger charge is 2.24. The summed E-state index contributed by atoms with van der Waals surface area (Å²) in [5.41, 5.74) is 2.77. The van der Waals surface area contributed by atoms with Crippen LogP contribution in [0.25, 0.3) is 17.1 Å². The Balaban J connectivity index is 1.91. The van der Waals surface area contributed by atoms with Crippen molar-refractivity contribution in [2.24, 2.45) is 5.92 Å². The van der Waals surface area contributed by atoms with E-state index in [1.165, 1.54) is 11.8 Å². The van der Waals surface area contributed by atoms with Crippen LogP contribution in [0.5, 0.6) is 5.75 Å². The molecule has 3 aromatic rings. The molecule has 2 aromatic carbocycles. The molecule has 0 aliphatic heterocycles. The molecule has 0 aliphatic rings. The Kier molecular flexibility index (Phi) is 8.11. The highest BCUT2D eigenvalue weighted by Crippen LogP contribution is 2.34. The summed E-state index contributed by atoms with van der Waals surface area (Å²) in [5, 5.41) is 13.8. The molecule has 0 bridgehead atoms. The van der Waals surface area contributed by atoms with Gasteiger partial charge in [0, 0.05) is 12.2 Å². The summed E-state index contributed by atoms with van der Waals surface area (Å²) in [5.74, 6) is 1.15. The molecule has 3 rings (SSSR count). The van der Waals surface area contributed by atoms with Crippen molar-refractivity contribution in [3.8, 4) is 22.8 Å². The Morgan fingerprint density at radius 1 is 1.06 bits per heavy atom. The van der Waals surface area contributed by atoms with Gasteiger partial charge < -0.3 is 10.1 Å². The topological polar surface area (TPSA) is 98.1 Å². The van der Waals surface area contributed by atoms with Crippen LogP contribution < -0.4 is 15.4 Å². The van der Waals surface area contributed by atoms with E-state index in [9.17, 15) is 9.59 Å². The van der Waals surface area contributed by atoms with Crippen molar-refractivity contribution in [1.82, 2.24) is 25.4 Å². The number of aromatic nitrogens is 3. The van der Waals surface area contributed by atoms with Crippen LogP contribution in [0.3, 0.4) is 0 Å². The molecule has 0 saturated heterocycles. The summed E-state index contributed by atoms with van der Waals surface area (Å²) < 4.78 is 7.42. The van der Waals surface area contributed by atoms with E-state index in [-0.39, 0.29) is 0 Å². The summed E-state index contributed by atoms with van der Waals surface area (Å²) in [6.45, 7) is 8.20. The van der Waals surface area contributed by atoms with E-state index in [0.717, 1.165) is 16.8 Å². The number of imide groups is 1. The predicted octanol–water partition coefficient (Wildman–Crippen LogP) is 4.21. The maximum Gasteiger partial charge on any atom is 0.321 e. The van der Waals surface area contributed by atoms with Gasteiger partial charge in [0.2, 0.25) is 5.91 Å². The van der Waals surface area contributed by atoms with E-state index in [2.05, 4.69) is 20.8 Å². The van der Waals surface area contributed by atoms with Crippen LogP contribution in [0.1, 0.15) is 26.3 Å². The van der Waals surface area contributed by atoms with Gasteiger partial charge in [-0.1, -0.05) is 55.4 Å². The third kappa shape index (κ3) is 6.13. The van der Waals surface area contributed by atoms with Gasteiger partial charge in [0.15, 0.2) is 11.0 Å².